The Bertz CT molecular complexity index is 1220. The van der Waals surface area contributed by atoms with Crippen LogP contribution in [-0.4, -0.2) is 34.3 Å². The lowest BCUT2D eigenvalue weighted by Crippen LogP contribution is -2.51. The summed E-state index contributed by atoms with van der Waals surface area (Å²) in [4.78, 5) is 23.9. The van der Waals surface area contributed by atoms with Crippen molar-refractivity contribution in [2.75, 3.05) is 0 Å². The smallest absolute Gasteiger partial charge is 0.268 e. The highest BCUT2D eigenvalue weighted by Crippen LogP contribution is 2.09. The first kappa shape index (κ1) is 25.6. The molecular weight excluding hydrogens is 449 g/mol. The molecule has 0 saturated heterocycles. The third kappa shape index (κ3) is 7.48. The fourth-order valence-corrected chi connectivity index (χ4v) is 3.24. The van der Waals surface area contributed by atoms with E-state index in [4.69, 9.17) is 5.21 Å². The molecule has 3 rings (SSSR count). The van der Waals surface area contributed by atoms with Crippen LogP contribution in [0.25, 0.3) is 0 Å². The number of halogens is 1. The van der Waals surface area contributed by atoms with Crippen LogP contribution in [-0.2, 0) is 17.9 Å². The van der Waals surface area contributed by atoms with E-state index >= 15 is 0 Å². The van der Waals surface area contributed by atoms with Crippen molar-refractivity contribution >= 4 is 11.8 Å². The number of hydrogen-bond donors (Lipinski definition) is 5. The number of carbonyl (C=O) groups is 2. The first-order valence-electron chi connectivity index (χ1n) is 11.0. The standard InChI is InChI=1S/C27H26FN3O4/c1-18(32)25(27(34)31-35)30-26(33)22-14-12-20(13-15-22)7-6-19-8-10-21(11-9-19)16-29-17-23-4-2-3-5-24(23)28/h2-5,8-15,18,25,29,32,35H,16-17H2,1H3,(H,30,33)(H,31,34). The van der Waals surface area contributed by atoms with Gasteiger partial charge in [-0.1, -0.05) is 42.2 Å². The molecule has 0 aliphatic carbocycles. The summed E-state index contributed by atoms with van der Waals surface area (Å²) in [5.74, 6) is 4.38. The summed E-state index contributed by atoms with van der Waals surface area (Å²) in [5, 5.41) is 24.0. The van der Waals surface area contributed by atoms with Gasteiger partial charge in [0.15, 0.2) is 0 Å². The Labute approximate surface area is 203 Å². The van der Waals surface area contributed by atoms with Crippen LogP contribution in [0, 0.1) is 17.7 Å². The Hall–Kier alpha value is -4.03. The molecule has 0 aliphatic rings. The molecule has 0 aromatic heterocycles. The van der Waals surface area contributed by atoms with Crippen LogP contribution in [0.2, 0.25) is 0 Å². The molecule has 0 bridgehead atoms. The van der Waals surface area contributed by atoms with Crippen LogP contribution in [0.1, 0.15) is 39.5 Å². The van der Waals surface area contributed by atoms with Gasteiger partial charge in [0.05, 0.1) is 6.10 Å². The Morgan fingerprint density at radius 1 is 0.914 bits per heavy atom. The van der Waals surface area contributed by atoms with E-state index in [2.05, 4.69) is 22.5 Å². The minimum atomic E-state index is -1.29. The number of carbonyl (C=O) groups excluding carboxylic acids is 2. The van der Waals surface area contributed by atoms with E-state index in [-0.39, 0.29) is 11.4 Å². The van der Waals surface area contributed by atoms with Crippen molar-refractivity contribution in [2.24, 2.45) is 0 Å². The molecule has 3 aromatic rings. The van der Waals surface area contributed by atoms with Crippen molar-refractivity contribution < 1.29 is 24.3 Å². The van der Waals surface area contributed by atoms with Gasteiger partial charge >= 0.3 is 0 Å². The van der Waals surface area contributed by atoms with Crippen molar-refractivity contribution in [3.63, 3.8) is 0 Å². The number of hydrogen-bond acceptors (Lipinski definition) is 5. The van der Waals surface area contributed by atoms with Crippen molar-refractivity contribution in [2.45, 2.75) is 32.2 Å². The van der Waals surface area contributed by atoms with Crippen molar-refractivity contribution in [3.8, 4) is 11.8 Å². The van der Waals surface area contributed by atoms with Gasteiger partial charge < -0.3 is 15.7 Å². The van der Waals surface area contributed by atoms with E-state index < -0.39 is 24.0 Å². The molecule has 7 nitrogen and oxygen atoms in total. The average molecular weight is 476 g/mol. The van der Waals surface area contributed by atoms with Gasteiger partial charge in [0, 0.05) is 35.3 Å². The minimum absolute atomic E-state index is 0.225. The average Bonchev–Trinajstić information content (AvgIpc) is 2.87. The molecule has 0 heterocycles. The zero-order valence-electron chi connectivity index (χ0n) is 19.1. The third-order valence-corrected chi connectivity index (χ3v) is 5.22. The highest BCUT2D eigenvalue weighted by atomic mass is 19.1. The topological polar surface area (TPSA) is 111 Å². The monoisotopic (exact) mass is 475 g/mol. The second kappa shape index (κ2) is 12.4. The first-order valence-corrected chi connectivity index (χ1v) is 11.0. The lowest BCUT2D eigenvalue weighted by molar-refractivity contribution is -0.133. The second-order valence-electron chi connectivity index (χ2n) is 7.89. The van der Waals surface area contributed by atoms with Gasteiger partial charge in [0.25, 0.3) is 11.8 Å². The maximum atomic E-state index is 13.7. The number of benzene rings is 3. The van der Waals surface area contributed by atoms with Gasteiger partial charge in [-0.05, 0) is 55.0 Å². The number of aliphatic hydroxyl groups is 1. The second-order valence-corrected chi connectivity index (χ2v) is 7.89. The third-order valence-electron chi connectivity index (χ3n) is 5.22. The molecule has 0 radical (unpaired) electrons. The molecule has 0 aliphatic heterocycles. The fraction of sp³-hybridized carbons (Fsp3) is 0.185. The van der Waals surface area contributed by atoms with E-state index in [0.29, 0.717) is 24.2 Å². The SMILES string of the molecule is CC(O)C(NC(=O)c1ccc(C#Cc2ccc(CNCc3ccccc3F)cc2)cc1)C(=O)NO. The maximum Gasteiger partial charge on any atom is 0.268 e. The number of amides is 2. The van der Waals surface area contributed by atoms with Gasteiger partial charge in [-0.2, -0.15) is 0 Å². The summed E-state index contributed by atoms with van der Waals surface area (Å²) >= 11 is 0. The summed E-state index contributed by atoms with van der Waals surface area (Å²) in [6.45, 7) is 2.37. The predicted octanol–water partition coefficient (Wildman–Crippen LogP) is 2.50. The molecule has 180 valence electrons. The molecule has 2 amide bonds. The Morgan fingerprint density at radius 2 is 1.51 bits per heavy atom. The molecule has 2 atom stereocenters. The molecule has 0 saturated carbocycles. The largest absolute Gasteiger partial charge is 0.391 e. The highest BCUT2D eigenvalue weighted by molar-refractivity contribution is 5.97. The molecular formula is C27H26FN3O4. The van der Waals surface area contributed by atoms with Crippen molar-refractivity contribution in [1.29, 1.82) is 0 Å². The summed E-state index contributed by atoms with van der Waals surface area (Å²) in [5.41, 5.74) is 4.88. The Morgan fingerprint density at radius 3 is 2.09 bits per heavy atom. The van der Waals surface area contributed by atoms with Crippen LogP contribution in [0.15, 0.2) is 72.8 Å². The van der Waals surface area contributed by atoms with Crippen molar-refractivity contribution in [3.05, 3.63) is 106 Å². The molecule has 0 spiro atoms. The van der Waals surface area contributed by atoms with E-state index in [9.17, 15) is 19.1 Å². The van der Waals surface area contributed by atoms with Crippen molar-refractivity contribution in [1.82, 2.24) is 16.1 Å². The van der Waals surface area contributed by atoms with Gasteiger partial charge in [0.1, 0.15) is 11.9 Å². The van der Waals surface area contributed by atoms with E-state index in [0.717, 1.165) is 11.1 Å². The quantitative estimate of drug-likeness (QED) is 0.195. The molecule has 2 unspecified atom stereocenters. The maximum absolute atomic E-state index is 13.7. The summed E-state index contributed by atoms with van der Waals surface area (Å²) < 4.78 is 13.7. The van der Waals surface area contributed by atoms with Gasteiger partial charge in [-0.3, -0.25) is 14.8 Å². The van der Waals surface area contributed by atoms with E-state index in [1.165, 1.54) is 18.5 Å². The van der Waals surface area contributed by atoms with E-state index in [1.807, 2.05) is 30.3 Å². The molecule has 8 heteroatoms. The minimum Gasteiger partial charge on any atom is -0.391 e. The number of nitrogens with one attached hydrogen (secondary N) is 3. The summed E-state index contributed by atoms with van der Waals surface area (Å²) in [6, 6.07) is 19.5. The number of hydroxylamine groups is 1. The zero-order chi connectivity index (χ0) is 25.2. The Kier molecular flexibility index (Phi) is 9.09. The highest BCUT2D eigenvalue weighted by Gasteiger charge is 2.25. The zero-order valence-corrected chi connectivity index (χ0v) is 19.1. The Balaban J connectivity index is 1.55. The van der Waals surface area contributed by atoms with Crippen LogP contribution >= 0.6 is 0 Å². The fourth-order valence-electron chi connectivity index (χ4n) is 3.24. The summed E-state index contributed by atoms with van der Waals surface area (Å²) in [6.07, 6.45) is -1.19. The van der Waals surface area contributed by atoms with Crippen LogP contribution < -0.4 is 16.1 Å². The molecule has 35 heavy (non-hydrogen) atoms. The normalized spacial score (nSPS) is 12.1. The van der Waals surface area contributed by atoms with Crippen LogP contribution in [0.5, 0.6) is 0 Å². The van der Waals surface area contributed by atoms with Gasteiger partial charge in [0.2, 0.25) is 0 Å². The molecule has 5 N–H and O–H groups in total. The molecule has 3 aromatic carbocycles. The van der Waals surface area contributed by atoms with Crippen LogP contribution in [0.3, 0.4) is 0 Å². The lowest BCUT2D eigenvalue weighted by atomic mass is 10.1. The number of aliphatic hydroxyl groups excluding tert-OH is 1. The lowest BCUT2D eigenvalue weighted by Gasteiger charge is -2.19. The van der Waals surface area contributed by atoms with Crippen LogP contribution in [0.4, 0.5) is 4.39 Å². The van der Waals surface area contributed by atoms with Gasteiger partial charge in [-0.25, -0.2) is 9.87 Å². The van der Waals surface area contributed by atoms with Gasteiger partial charge in [-0.15, -0.1) is 0 Å². The van der Waals surface area contributed by atoms with E-state index in [1.54, 1.807) is 36.4 Å². The molecule has 0 fully saturated rings. The first-order chi connectivity index (χ1) is 16.9. The number of rotatable bonds is 8. The predicted molar refractivity (Wildman–Crippen MR) is 129 cm³/mol. The summed E-state index contributed by atoms with van der Waals surface area (Å²) in [7, 11) is 0.